The lowest BCUT2D eigenvalue weighted by Crippen LogP contribution is -2.32. The molecule has 0 aliphatic carbocycles. The number of hydrogen-bond acceptors (Lipinski definition) is 3. The molecule has 1 saturated heterocycles. The number of ether oxygens (including phenoxy) is 2. The molecule has 0 bridgehead atoms. The lowest BCUT2D eigenvalue weighted by atomic mass is 9.84. The quantitative estimate of drug-likeness (QED) is 0.659. The van der Waals surface area contributed by atoms with Gasteiger partial charge in [0.1, 0.15) is 0 Å². The molecule has 1 aliphatic rings. The van der Waals surface area contributed by atoms with Crippen LogP contribution in [0.2, 0.25) is 0 Å². The highest BCUT2D eigenvalue weighted by atomic mass is 16.5. The van der Waals surface area contributed by atoms with Crippen molar-refractivity contribution in [3.63, 3.8) is 0 Å². The molecular weight excluding hydrogens is 184 g/mol. The summed E-state index contributed by atoms with van der Waals surface area (Å²) in [4.78, 5) is 11.1. The summed E-state index contributed by atoms with van der Waals surface area (Å²) in [6.45, 7) is 4.14. The van der Waals surface area contributed by atoms with Gasteiger partial charge in [-0.05, 0) is 19.3 Å². The van der Waals surface area contributed by atoms with Crippen LogP contribution in [0.5, 0.6) is 0 Å². The zero-order valence-electron chi connectivity index (χ0n) is 8.62. The largest absolute Gasteiger partial charge is 0.481 e. The van der Waals surface area contributed by atoms with Crippen molar-refractivity contribution in [2.45, 2.75) is 26.2 Å². The fourth-order valence-corrected chi connectivity index (χ4v) is 1.59. The Morgan fingerprint density at radius 3 is 2.86 bits per heavy atom. The molecule has 4 heteroatoms. The smallest absolute Gasteiger partial charge is 0.312 e. The van der Waals surface area contributed by atoms with Crippen LogP contribution < -0.4 is 0 Å². The summed E-state index contributed by atoms with van der Waals surface area (Å²) < 4.78 is 10.4. The van der Waals surface area contributed by atoms with Gasteiger partial charge in [0.25, 0.3) is 0 Å². The van der Waals surface area contributed by atoms with Crippen LogP contribution in [0.15, 0.2) is 0 Å². The van der Waals surface area contributed by atoms with Crippen LogP contribution in [0.25, 0.3) is 0 Å². The van der Waals surface area contributed by atoms with Crippen molar-refractivity contribution >= 4 is 5.97 Å². The highest BCUT2D eigenvalue weighted by Gasteiger charge is 2.41. The van der Waals surface area contributed by atoms with Gasteiger partial charge in [-0.15, -0.1) is 0 Å². The Morgan fingerprint density at radius 2 is 2.36 bits per heavy atom. The number of carbonyl (C=O) groups is 1. The number of aliphatic carboxylic acids is 1. The second-order valence-corrected chi connectivity index (χ2v) is 3.75. The monoisotopic (exact) mass is 202 g/mol. The third-order valence-electron chi connectivity index (χ3n) is 2.63. The van der Waals surface area contributed by atoms with Gasteiger partial charge in [0.05, 0.1) is 12.0 Å². The summed E-state index contributed by atoms with van der Waals surface area (Å²) in [5, 5.41) is 9.08. The minimum absolute atomic E-state index is 0.331. The minimum Gasteiger partial charge on any atom is -0.481 e. The highest BCUT2D eigenvalue weighted by Crippen LogP contribution is 2.32. The van der Waals surface area contributed by atoms with Crippen LogP contribution in [0.3, 0.4) is 0 Å². The Kier molecular flexibility index (Phi) is 4.35. The maximum Gasteiger partial charge on any atom is 0.312 e. The Bertz CT molecular complexity index is 185. The topological polar surface area (TPSA) is 55.8 Å². The fourth-order valence-electron chi connectivity index (χ4n) is 1.59. The molecule has 1 unspecified atom stereocenters. The zero-order valence-corrected chi connectivity index (χ0v) is 8.62. The van der Waals surface area contributed by atoms with Gasteiger partial charge in [0.15, 0.2) is 0 Å². The summed E-state index contributed by atoms with van der Waals surface area (Å²) in [7, 11) is 0. The maximum atomic E-state index is 11.1. The predicted molar refractivity (Wildman–Crippen MR) is 51.2 cm³/mol. The first-order valence-electron chi connectivity index (χ1n) is 5.10. The van der Waals surface area contributed by atoms with E-state index in [2.05, 4.69) is 0 Å². The third-order valence-corrected chi connectivity index (χ3v) is 2.63. The van der Waals surface area contributed by atoms with Gasteiger partial charge < -0.3 is 14.6 Å². The van der Waals surface area contributed by atoms with Crippen molar-refractivity contribution in [3.05, 3.63) is 0 Å². The Labute approximate surface area is 84.2 Å². The van der Waals surface area contributed by atoms with Gasteiger partial charge >= 0.3 is 5.97 Å². The Morgan fingerprint density at radius 1 is 1.57 bits per heavy atom. The molecule has 0 saturated carbocycles. The summed E-state index contributed by atoms with van der Waals surface area (Å²) in [6, 6.07) is 0. The molecule has 1 atom stereocenters. The van der Waals surface area contributed by atoms with Gasteiger partial charge in [-0.1, -0.05) is 6.92 Å². The van der Waals surface area contributed by atoms with Crippen molar-refractivity contribution in [1.29, 1.82) is 0 Å². The van der Waals surface area contributed by atoms with Gasteiger partial charge in [0, 0.05) is 19.8 Å². The van der Waals surface area contributed by atoms with Crippen molar-refractivity contribution in [2.24, 2.45) is 5.41 Å². The number of carboxylic acid groups (broad SMARTS) is 1. The van der Waals surface area contributed by atoms with Crippen molar-refractivity contribution in [3.8, 4) is 0 Å². The molecule has 0 amide bonds. The van der Waals surface area contributed by atoms with Crippen molar-refractivity contribution in [2.75, 3.05) is 26.4 Å². The van der Waals surface area contributed by atoms with E-state index in [1.165, 1.54) is 0 Å². The van der Waals surface area contributed by atoms with Crippen LogP contribution in [-0.4, -0.2) is 37.5 Å². The molecule has 1 aliphatic heterocycles. The first-order valence-corrected chi connectivity index (χ1v) is 5.10. The summed E-state index contributed by atoms with van der Waals surface area (Å²) in [5.41, 5.74) is -0.687. The van der Waals surface area contributed by atoms with E-state index >= 15 is 0 Å². The van der Waals surface area contributed by atoms with Crippen molar-refractivity contribution in [1.82, 2.24) is 0 Å². The molecule has 4 nitrogen and oxygen atoms in total. The van der Waals surface area contributed by atoms with Crippen LogP contribution in [0.1, 0.15) is 26.2 Å². The number of carboxylic acids is 1. The second-order valence-electron chi connectivity index (χ2n) is 3.75. The maximum absolute atomic E-state index is 11.1. The lowest BCUT2D eigenvalue weighted by molar-refractivity contribution is -0.150. The summed E-state index contributed by atoms with van der Waals surface area (Å²) >= 11 is 0. The van der Waals surface area contributed by atoms with Gasteiger partial charge in [-0.3, -0.25) is 4.79 Å². The molecular formula is C10H18O4. The third kappa shape index (κ3) is 2.69. The molecule has 14 heavy (non-hydrogen) atoms. The summed E-state index contributed by atoms with van der Waals surface area (Å²) in [5.74, 6) is -0.755. The lowest BCUT2D eigenvalue weighted by Gasteiger charge is -2.21. The van der Waals surface area contributed by atoms with Crippen LogP contribution >= 0.6 is 0 Å². The molecule has 0 aromatic heterocycles. The second kappa shape index (κ2) is 5.32. The van der Waals surface area contributed by atoms with E-state index in [1.54, 1.807) is 0 Å². The Balaban J connectivity index is 2.33. The fraction of sp³-hybridized carbons (Fsp3) is 0.900. The van der Waals surface area contributed by atoms with Crippen LogP contribution in [-0.2, 0) is 14.3 Å². The van der Waals surface area contributed by atoms with Gasteiger partial charge in [0.2, 0.25) is 0 Å². The average molecular weight is 202 g/mol. The molecule has 1 N–H and O–H groups in total. The van der Waals surface area contributed by atoms with E-state index < -0.39 is 11.4 Å². The molecule has 0 spiro atoms. The average Bonchev–Trinajstić information content (AvgIpc) is 2.62. The molecule has 1 rings (SSSR count). The summed E-state index contributed by atoms with van der Waals surface area (Å²) in [6.07, 6.45) is 2.14. The molecule has 1 heterocycles. The number of rotatable bonds is 6. The first-order chi connectivity index (χ1) is 6.71. The standard InChI is InChI=1S/C10H18O4/c1-2-5-13-6-3-10(9(11)12)4-7-14-8-10/h2-8H2,1H3,(H,11,12). The molecule has 0 aromatic carbocycles. The molecule has 0 aromatic rings. The SMILES string of the molecule is CCCOCCC1(C(=O)O)CCOC1. The van der Waals surface area contributed by atoms with E-state index in [0.29, 0.717) is 39.3 Å². The van der Waals surface area contributed by atoms with Crippen LogP contribution in [0, 0.1) is 5.41 Å². The minimum atomic E-state index is -0.755. The Hall–Kier alpha value is -0.610. The number of hydrogen-bond donors (Lipinski definition) is 1. The van der Waals surface area contributed by atoms with Gasteiger partial charge in [-0.25, -0.2) is 0 Å². The van der Waals surface area contributed by atoms with E-state index in [4.69, 9.17) is 14.6 Å². The van der Waals surface area contributed by atoms with Crippen molar-refractivity contribution < 1.29 is 19.4 Å². The highest BCUT2D eigenvalue weighted by molar-refractivity contribution is 5.75. The van der Waals surface area contributed by atoms with E-state index in [1.807, 2.05) is 6.92 Å². The predicted octanol–water partition coefficient (Wildman–Crippen LogP) is 1.29. The first kappa shape index (κ1) is 11.5. The van der Waals surface area contributed by atoms with E-state index in [-0.39, 0.29) is 0 Å². The zero-order chi connectivity index (χ0) is 10.4. The van der Waals surface area contributed by atoms with E-state index in [0.717, 1.165) is 6.42 Å². The van der Waals surface area contributed by atoms with Crippen LogP contribution in [0.4, 0.5) is 0 Å². The van der Waals surface area contributed by atoms with E-state index in [9.17, 15) is 4.79 Å². The molecule has 82 valence electrons. The van der Waals surface area contributed by atoms with Gasteiger partial charge in [-0.2, -0.15) is 0 Å². The normalized spacial score (nSPS) is 26.6. The molecule has 0 radical (unpaired) electrons. The molecule has 1 fully saturated rings.